The first kappa shape index (κ1) is 15.5. The van der Waals surface area contributed by atoms with Gasteiger partial charge in [-0.3, -0.25) is 0 Å². The van der Waals surface area contributed by atoms with Crippen LogP contribution in [0.25, 0.3) is 0 Å². The van der Waals surface area contributed by atoms with Crippen molar-refractivity contribution < 1.29 is 9.47 Å². The summed E-state index contributed by atoms with van der Waals surface area (Å²) >= 11 is 0. The smallest absolute Gasteiger partial charge is 0.100 e. The van der Waals surface area contributed by atoms with Crippen molar-refractivity contribution in [3.05, 3.63) is 33.9 Å². The second-order valence-electron chi connectivity index (χ2n) is 5.69. The molecule has 3 heteroatoms. The fourth-order valence-electron chi connectivity index (χ4n) is 3.05. The van der Waals surface area contributed by atoms with Crippen molar-refractivity contribution in [3.63, 3.8) is 0 Å². The van der Waals surface area contributed by atoms with Crippen LogP contribution in [-0.4, -0.2) is 32.5 Å². The Labute approximate surface area is 122 Å². The molecule has 0 aromatic heterocycles. The molecule has 1 aliphatic heterocycles. The molecule has 1 fully saturated rings. The summed E-state index contributed by atoms with van der Waals surface area (Å²) in [6.07, 6.45) is 0.0994. The maximum atomic E-state index is 5.95. The van der Waals surface area contributed by atoms with Gasteiger partial charge in [-0.2, -0.15) is 0 Å². The number of rotatable bonds is 4. The number of hydrogen-bond acceptors (Lipinski definition) is 3. The van der Waals surface area contributed by atoms with Crippen LogP contribution in [0.5, 0.6) is 0 Å². The standard InChI is InChI=1S/C17H27NO2/c1-6-18-17(15-10-19-7-8-20-15)16-13(4)11(2)9-12(3)14(16)5/h9,15,17-18H,6-8,10H2,1-5H3. The Morgan fingerprint density at radius 1 is 1.15 bits per heavy atom. The van der Waals surface area contributed by atoms with Crippen LogP contribution in [0.3, 0.4) is 0 Å². The predicted octanol–water partition coefficient (Wildman–Crippen LogP) is 2.99. The van der Waals surface area contributed by atoms with Gasteiger partial charge in [0.1, 0.15) is 6.10 Å². The largest absolute Gasteiger partial charge is 0.376 e. The van der Waals surface area contributed by atoms with Gasteiger partial charge in [-0.25, -0.2) is 0 Å². The normalized spacial score (nSPS) is 20.9. The summed E-state index contributed by atoms with van der Waals surface area (Å²) in [6, 6.07) is 2.48. The maximum absolute atomic E-state index is 5.95. The van der Waals surface area contributed by atoms with Crippen LogP contribution in [0, 0.1) is 27.7 Å². The highest BCUT2D eigenvalue weighted by Gasteiger charge is 2.29. The van der Waals surface area contributed by atoms with Gasteiger partial charge in [-0.15, -0.1) is 0 Å². The van der Waals surface area contributed by atoms with Gasteiger partial charge < -0.3 is 14.8 Å². The monoisotopic (exact) mass is 277 g/mol. The van der Waals surface area contributed by atoms with E-state index in [0.717, 1.165) is 6.54 Å². The van der Waals surface area contributed by atoms with Crippen LogP contribution in [0.1, 0.15) is 40.8 Å². The van der Waals surface area contributed by atoms with Crippen LogP contribution < -0.4 is 5.32 Å². The first-order chi connectivity index (χ1) is 9.56. The fourth-order valence-corrected chi connectivity index (χ4v) is 3.05. The van der Waals surface area contributed by atoms with Crippen molar-refractivity contribution in [2.45, 2.75) is 46.8 Å². The van der Waals surface area contributed by atoms with E-state index in [0.29, 0.717) is 19.8 Å². The first-order valence-electron chi connectivity index (χ1n) is 7.56. The highest BCUT2D eigenvalue weighted by Crippen LogP contribution is 2.31. The van der Waals surface area contributed by atoms with E-state index >= 15 is 0 Å². The molecule has 1 N–H and O–H groups in total. The molecule has 1 aromatic carbocycles. The van der Waals surface area contributed by atoms with Gasteiger partial charge in [0.2, 0.25) is 0 Å². The highest BCUT2D eigenvalue weighted by molar-refractivity contribution is 5.46. The van der Waals surface area contributed by atoms with Gasteiger partial charge in [0.25, 0.3) is 0 Å². The molecule has 0 amide bonds. The van der Waals surface area contributed by atoms with E-state index in [2.05, 4.69) is 46.0 Å². The second-order valence-corrected chi connectivity index (χ2v) is 5.69. The molecular formula is C17H27NO2. The van der Waals surface area contributed by atoms with Gasteiger partial charge in [-0.1, -0.05) is 13.0 Å². The SMILES string of the molecule is CCNC(c1c(C)c(C)cc(C)c1C)C1COCCO1. The Bertz CT molecular complexity index is 438. The molecule has 1 heterocycles. The van der Waals surface area contributed by atoms with Gasteiger partial charge in [-0.05, 0) is 62.1 Å². The van der Waals surface area contributed by atoms with Crippen LogP contribution in [-0.2, 0) is 9.47 Å². The molecule has 20 heavy (non-hydrogen) atoms. The van der Waals surface area contributed by atoms with E-state index in [1.165, 1.54) is 27.8 Å². The van der Waals surface area contributed by atoms with E-state index < -0.39 is 0 Å². The molecule has 2 unspecified atom stereocenters. The average molecular weight is 277 g/mol. The Morgan fingerprint density at radius 2 is 1.80 bits per heavy atom. The number of likely N-dealkylation sites (N-methyl/N-ethyl adjacent to an activating group) is 1. The lowest BCUT2D eigenvalue weighted by Gasteiger charge is -2.33. The summed E-state index contributed by atoms with van der Waals surface area (Å²) in [5.41, 5.74) is 6.83. The summed E-state index contributed by atoms with van der Waals surface area (Å²) in [6.45, 7) is 13.9. The average Bonchev–Trinajstić information content (AvgIpc) is 2.45. The Hall–Kier alpha value is -0.900. The summed E-state index contributed by atoms with van der Waals surface area (Å²) in [5, 5.41) is 3.60. The maximum Gasteiger partial charge on any atom is 0.100 e. The van der Waals surface area contributed by atoms with E-state index in [1.54, 1.807) is 0 Å². The molecule has 1 saturated heterocycles. The lowest BCUT2D eigenvalue weighted by Crippen LogP contribution is -2.41. The molecule has 1 aliphatic rings. The number of benzene rings is 1. The third-order valence-corrected chi connectivity index (χ3v) is 4.37. The highest BCUT2D eigenvalue weighted by atomic mass is 16.6. The van der Waals surface area contributed by atoms with Crippen LogP contribution in [0.4, 0.5) is 0 Å². The third-order valence-electron chi connectivity index (χ3n) is 4.37. The molecule has 2 rings (SSSR count). The molecule has 0 aliphatic carbocycles. The Balaban J connectivity index is 2.42. The number of aryl methyl sites for hydroxylation is 2. The number of hydrogen-bond donors (Lipinski definition) is 1. The zero-order valence-electron chi connectivity index (χ0n) is 13.4. The lowest BCUT2D eigenvalue weighted by molar-refractivity contribution is -0.102. The van der Waals surface area contributed by atoms with Crippen molar-refractivity contribution in [1.29, 1.82) is 0 Å². The second kappa shape index (κ2) is 6.70. The van der Waals surface area contributed by atoms with Crippen LogP contribution >= 0.6 is 0 Å². The molecule has 0 spiro atoms. The molecule has 2 atom stereocenters. The molecule has 0 bridgehead atoms. The van der Waals surface area contributed by atoms with Crippen molar-refractivity contribution in [1.82, 2.24) is 5.32 Å². The first-order valence-corrected chi connectivity index (χ1v) is 7.56. The van der Waals surface area contributed by atoms with Gasteiger partial charge in [0, 0.05) is 0 Å². The van der Waals surface area contributed by atoms with Crippen molar-refractivity contribution >= 4 is 0 Å². The lowest BCUT2D eigenvalue weighted by atomic mass is 9.87. The van der Waals surface area contributed by atoms with Gasteiger partial charge >= 0.3 is 0 Å². The van der Waals surface area contributed by atoms with Gasteiger partial charge in [0.05, 0.1) is 25.9 Å². The minimum absolute atomic E-state index is 0.0994. The molecule has 0 radical (unpaired) electrons. The molecular weight excluding hydrogens is 250 g/mol. The predicted molar refractivity (Wildman–Crippen MR) is 82.4 cm³/mol. The van der Waals surface area contributed by atoms with E-state index in [4.69, 9.17) is 9.47 Å². The van der Waals surface area contributed by atoms with E-state index in [1.807, 2.05) is 0 Å². The summed E-state index contributed by atoms with van der Waals surface area (Å²) in [4.78, 5) is 0. The molecule has 1 aromatic rings. The topological polar surface area (TPSA) is 30.5 Å². The molecule has 112 valence electrons. The van der Waals surface area contributed by atoms with E-state index in [9.17, 15) is 0 Å². The third kappa shape index (κ3) is 3.05. The summed E-state index contributed by atoms with van der Waals surface area (Å²) < 4.78 is 11.6. The van der Waals surface area contributed by atoms with Crippen LogP contribution in [0.2, 0.25) is 0 Å². The van der Waals surface area contributed by atoms with Gasteiger partial charge in [0.15, 0.2) is 0 Å². The van der Waals surface area contributed by atoms with Crippen LogP contribution in [0.15, 0.2) is 6.07 Å². The summed E-state index contributed by atoms with van der Waals surface area (Å²) in [7, 11) is 0. The molecule has 0 saturated carbocycles. The Kier molecular flexibility index (Phi) is 5.19. The molecule has 3 nitrogen and oxygen atoms in total. The summed E-state index contributed by atoms with van der Waals surface area (Å²) in [5.74, 6) is 0. The van der Waals surface area contributed by atoms with Crippen molar-refractivity contribution in [2.75, 3.05) is 26.4 Å². The van der Waals surface area contributed by atoms with Crippen molar-refractivity contribution in [2.24, 2.45) is 0 Å². The zero-order chi connectivity index (χ0) is 14.7. The Morgan fingerprint density at radius 3 is 2.30 bits per heavy atom. The zero-order valence-corrected chi connectivity index (χ0v) is 13.4. The fraction of sp³-hybridized carbons (Fsp3) is 0.647. The minimum atomic E-state index is 0.0994. The quantitative estimate of drug-likeness (QED) is 0.918. The number of nitrogens with one attached hydrogen (secondary N) is 1. The number of ether oxygens (including phenoxy) is 2. The minimum Gasteiger partial charge on any atom is -0.376 e. The van der Waals surface area contributed by atoms with E-state index in [-0.39, 0.29) is 12.1 Å². The van der Waals surface area contributed by atoms with Crippen molar-refractivity contribution in [3.8, 4) is 0 Å².